The number of para-hydroxylation sites is 2. The zero-order chi connectivity index (χ0) is 16.0. The Morgan fingerprint density at radius 1 is 1.13 bits per heavy atom. The van der Waals surface area contributed by atoms with Crippen molar-refractivity contribution in [2.75, 3.05) is 0 Å². The highest BCUT2D eigenvalue weighted by atomic mass is 16.1. The maximum Gasteiger partial charge on any atom is 0.273 e. The first kappa shape index (κ1) is 13.0. The minimum Gasteiger partial charge on any atom is -0.268 e. The third kappa shape index (κ3) is 1.65. The number of hydrogen-bond donors (Lipinski definition) is 0. The average molecular weight is 296 g/mol. The first-order valence-electron chi connectivity index (χ1n) is 6.90. The van der Waals surface area contributed by atoms with Crippen molar-refractivity contribution in [2.24, 2.45) is 0 Å². The van der Waals surface area contributed by atoms with Crippen molar-refractivity contribution >= 4 is 33.2 Å². The van der Waals surface area contributed by atoms with Crippen LogP contribution in [0.3, 0.4) is 0 Å². The fraction of sp³-hybridized carbons (Fsp3) is 0. The number of hydrogen-bond acceptors (Lipinski definition) is 3. The molecule has 2 aromatic carbocycles. The van der Waals surface area contributed by atoms with Gasteiger partial charge in [-0.2, -0.15) is 0 Å². The normalized spacial score (nSPS) is 12.3. The molecule has 0 aliphatic heterocycles. The summed E-state index contributed by atoms with van der Waals surface area (Å²) in [6.45, 7) is 7.25. The molecule has 2 aromatic heterocycles. The molecule has 0 N–H and O–H groups in total. The van der Waals surface area contributed by atoms with Crippen molar-refractivity contribution in [1.82, 2.24) is 9.38 Å². The van der Waals surface area contributed by atoms with Gasteiger partial charge in [-0.05, 0) is 23.6 Å². The molecule has 0 bridgehead atoms. The monoisotopic (exact) mass is 296 g/mol. The van der Waals surface area contributed by atoms with E-state index in [1.165, 1.54) is 4.40 Å². The summed E-state index contributed by atoms with van der Waals surface area (Å²) >= 11 is 0. The summed E-state index contributed by atoms with van der Waals surface area (Å²) in [6.07, 6.45) is 0. The Morgan fingerprint density at radius 3 is 2.57 bits per heavy atom. The first-order valence-corrected chi connectivity index (χ1v) is 6.90. The molecule has 5 nitrogen and oxygen atoms in total. The SMILES string of the molecule is [C-]#[N+]/C(C#N)=c1/c2ccccc2n2c(=O)c3ccccc3nc12. The van der Waals surface area contributed by atoms with Gasteiger partial charge in [-0.1, -0.05) is 30.3 Å². The van der Waals surface area contributed by atoms with Crippen LogP contribution in [0.15, 0.2) is 53.3 Å². The Hall–Kier alpha value is -3.70. The van der Waals surface area contributed by atoms with Crippen LogP contribution in [0.25, 0.3) is 38.0 Å². The van der Waals surface area contributed by atoms with E-state index in [1.54, 1.807) is 36.4 Å². The van der Waals surface area contributed by atoms with Gasteiger partial charge in [-0.15, -0.1) is 0 Å². The van der Waals surface area contributed by atoms with Gasteiger partial charge in [0.25, 0.3) is 11.3 Å². The quantitative estimate of drug-likeness (QED) is 0.468. The van der Waals surface area contributed by atoms with Crippen LogP contribution < -0.4 is 10.8 Å². The molecule has 0 amide bonds. The van der Waals surface area contributed by atoms with Gasteiger partial charge in [0.05, 0.1) is 29.1 Å². The Bertz CT molecular complexity index is 1290. The maximum absolute atomic E-state index is 12.9. The second-order valence-corrected chi connectivity index (χ2v) is 5.06. The fourth-order valence-electron chi connectivity index (χ4n) is 2.89. The van der Waals surface area contributed by atoms with Crippen molar-refractivity contribution in [3.05, 3.63) is 75.5 Å². The topological polar surface area (TPSA) is 62.5 Å². The first-order chi connectivity index (χ1) is 11.3. The molecule has 0 spiro atoms. The lowest BCUT2D eigenvalue weighted by Crippen LogP contribution is -2.16. The fourth-order valence-corrected chi connectivity index (χ4v) is 2.89. The summed E-state index contributed by atoms with van der Waals surface area (Å²) in [5.41, 5.74) is 1.29. The Kier molecular flexibility index (Phi) is 2.63. The summed E-state index contributed by atoms with van der Waals surface area (Å²) in [4.78, 5) is 20.7. The molecule has 0 radical (unpaired) electrons. The van der Waals surface area contributed by atoms with Gasteiger partial charge >= 0.3 is 0 Å². The van der Waals surface area contributed by atoms with Gasteiger partial charge in [0.2, 0.25) is 0 Å². The number of benzene rings is 2. The van der Waals surface area contributed by atoms with Crippen LogP contribution in [0.1, 0.15) is 0 Å². The number of nitriles is 1. The van der Waals surface area contributed by atoms with Gasteiger partial charge in [0.15, 0.2) is 0 Å². The zero-order valence-corrected chi connectivity index (χ0v) is 11.8. The second kappa shape index (κ2) is 4.66. The molecule has 0 aliphatic carbocycles. The van der Waals surface area contributed by atoms with E-state index in [0.29, 0.717) is 32.7 Å². The van der Waals surface area contributed by atoms with Crippen molar-refractivity contribution in [1.29, 1.82) is 5.26 Å². The van der Waals surface area contributed by atoms with Crippen LogP contribution >= 0.6 is 0 Å². The van der Waals surface area contributed by atoms with Gasteiger partial charge < -0.3 is 0 Å². The van der Waals surface area contributed by atoms with E-state index in [4.69, 9.17) is 6.57 Å². The molecule has 106 valence electrons. The van der Waals surface area contributed by atoms with Crippen molar-refractivity contribution < 1.29 is 0 Å². The largest absolute Gasteiger partial charge is 0.273 e. The summed E-state index contributed by atoms with van der Waals surface area (Å²) in [5.74, 6) is 0. The minimum atomic E-state index is -0.199. The van der Waals surface area contributed by atoms with Crippen LogP contribution in [0.4, 0.5) is 0 Å². The Morgan fingerprint density at radius 2 is 1.83 bits per heavy atom. The highest BCUT2D eigenvalue weighted by Gasteiger charge is 2.15. The number of aromatic nitrogens is 2. The standard InChI is InChI=1S/C18H8N4O/c1-20-14(10-19)16-12-7-3-5-9-15(12)22-17(16)21-13-8-4-2-6-11(13)18(22)23/h2-9H/b16-14-. The van der Waals surface area contributed by atoms with Gasteiger partial charge in [-0.3, -0.25) is 9.20 Å². The molecule has 4 aromatic rings. The highest BCUT2D eigenvalue weighted by molar-refractivity contribution is 5.94. The van der Waals surface area contributed by atoms with E-state index in [0.717, 1.165) is 0 Å². The van der Waals surface area contributed by atoms with Crippen LogP contribution in [0, 0.1) is 17.9 Å². The lowest BCUT2D eigenvalue weighted by molar-refractivity contribution is 1.14. The molecule has 0 atom stereocenters. The molecular weight excluding hydrogens is 288 g/mol. The van der Waals surface area contributed by atoms with E-state index in [1.807, 2.05) is 18.2 Å². The summed E-state index contributed by atoms with van der Waals surface area (Å²) < 4.78 is 1.48. The van der Waals surface area contributed by atoms with Crippen molar-refractivity contribution in [3.63, 3.8) is 0 Å². The Labute approximate surface area is 130 Å². The predicted octanol–water partition coefficient (Wildman–Crippen LogP) is 2.27. The van der Waals surface area contributed by atoms with Crippen molar-refractivity contribution in [2.45, 2.75) is 0 Å². The molecule has 0 saturated heterocycles. The van der Waals surface area contributed by atoms with Gasteiger partial charge in [-0.25, -0.2) is 15.1 Å². The van der Waals surface area contributed by atoms with Crippen LogP contribution in [-0.4, -0.2) is 9.38 Å². The van der Waals surface area contributed by atoms with Gasteiger partial charge in [0.1, 0.15) is 5.65 Å². The summed E-state index contributed by atoms with van der Waals surface area (Å²) in [6, 6.07) is 16.2. The van der Waals surface area contributed by atoms with Crippen molar-refractivity contribution in [3.8, 4) is 6.07 Å². The van der Waals surface area contributed by atoms with E-state index in [2.05, 4.69) is 9.83 Å². The molecule has 0 fully saturated rings. The van der Waals surface area contributed by atoms with Gasteiger partial charge in [0, 0.05) is 5.22 Å². The van der Waals surface area contributed by atoms with E-state index in [9.17, 15) is 10.1 Å². The minimum absolute atomic E-state index is 0.0640. The van der Waals surface area contributed by atoms with E-state index < -0.39 is 0 Å². The van der Waals surface area contributed by atoms with Crippen LogP contribution in [0.5, 0.6) is 0 Å². The molecule has 4 rings (SSSR count). The van der Waals surface area contributed by atoms with Crippen LogP contribution in [-0.2, 0) is 0 Å². The summed E-state index contributed by atoms with van der Waals surface area (Å²) in [7, 11) is 0. The lowest BCUT2D eigenvalue weighted by Gasteiger charge is -1.99. The molecule has 0 aliphatic rings. The number of nitrogens with zero attached hydrogens (tertiary/aromatic N) is 4. The second-order valence-electron chi connectivity index (χ2n) is 5.06. The zero-order valence-electron chi connectivity index (χ0n) is 11.8. The smallest absolute Gasteiger partial charge is 0.268 e. The molecule has 5 heteroatoms. The molecule has 0 unspecified atom stereocenters. The van der Waals surface area contributed by atoms with E-state index in [-0.39, 0.29) is 11.3 Å². The Balaban J connectivity index is 2.50. The lowest BCUT2D eigenvalue weighted by atomic mass is 10.2. The van der Waals surface area contributed by atoms with E-state index >= 15 is 0 Å². The average Bonchev–Trinajstić information content (AvgIpc) is 2.91. The summed E-state index contributed by atoms with van der Waals surface area (Å²) in [5, 5.41) is 10.9. The van der Waals surface area contributed by atoms with Crippen LogP contribution in [0.2, 0.25) is 0 Å². The molecule has 0 saturated carbocycles. The predicted molar refractivity (Wildman–Crippen MR) is 87.3 cm³/mol. The molecule has 2 heterocycles. The molecular formula is C18H8N4O. The maximum atomic E-state index is 12.9. The molecule has 23 heavy (non-hydrogen) atoms. The number of fused-ring (bicyclic) bond motifs is 4. The third-order valence-electron chi connectivity index (χ3n) is 3.87. The third-order valence-corrected chi connectivity index (χ3v) is 3.87. The highest BCUT2D eigenvalue weighted by Crippen LogP contribution is 2.16. The number of rotatable bonds is 0.